The van der Waals surface area contributed by atoms with Crippen LogP contribution >= 0.6 is 24.0 Å². The van der Waals surface area contributed by atoms with E-state index in [4.69, 9.17) is 14.2 Å². The number of unbranched alkanes of at least 4 members (excludes halogenated alkanes) is 1. The molecular formula is C19H35IN4O3. The van der Waals surface area contributed by atoms with Gasteiger partial charge in [-0.2, -0.15) is 0 Å². The normalized spacial score (nSPS) is 11.0. The van der Waals surface area contributed by atoms with Crippen LogP contribution in [0.15, 0.2) is 23.3 Å². The van der Waals surface area contributed by atoms with Crippen LogP contribution in [-0.4, -0.2) is 57.6 Å². The van der Waals surface area contributed by atoms with Gasteiger partial charge in [-0.15, -0.1) is 24.0 Å². The Morgan fingerprint density at radius 2 is 1.89 bits per heavy atom. The molecule has 0 saturated heterocycles. The standard InChI is InChI=1S/C19H34N4O3.HI/c1-4-6-11-25-12-7-10-21-19(20-5-2)23-16-17-8-9-18(22-15-17)26-14-13-24-3;/h8-9,15H,4-7,10-14,16H2,1-3H3,(H2,20,21,23);1H. The summed E-state index contributed by atoms with van der Waals surface area (Å²) in [5.41, 5.74) is 1.03. The van der Waals surface area contributed by atoms with Crippen LogP contribution in [0.1, 0.15) is 38.7 Å². The quantitative estimate of drug-likeness (QED) is 0.179. The Hall–Kier alpha value is -1.13. The summed E-state index contributed by atoms with van der Waals surface area (Å²) >= 11 is 0. The molecule has 0 spiro atoms. The van der Waals surface area contributed by atoms with Gasteiger partial charge in [0.2, 0.25) is 5.88 Å². The number of aromatic nitrogens is 1. The van der Waals surface area contributed by atoms with Crippen molar-refractivity contribution in [3.05, 3.63) is 23.9 Å². The average molecular weight is 494 g/mol. The van der Waals surface area contributed by atoms with Crippen molar-refractivity contribution >= 4 is 29.9 Å². The van der Waals surface area contributed by atoms with E-state index < -0.39 is 0 Å². The molecule has 0 aliphatic carbocycles. The summed E-state index contributed by atoms with van der Waals surface area (Å²) in [7, 11) is 1.65. The molecule has 156 valence electrons. The predicted molar refractivity (Wildman–Crippen MR) is 120 cm³/mol. The fourth-order valence-corrected chi connectivity index (χ4v) is 2.06. The predicted octanol–water partition coefficient (Wildman–Crippen LogP) is 2.99. The smallest absolute Gasteiger partial charge is 0.213 e. The van der Waals surface area contributed by atoms with Crippen LogP contribution in [-0.2, 0) is 16.0 Å². The summed E-state index contributed by atoms with van der Waals surface area (Å²) in [4.78, 5) is 8.87. The third kappa shape index (κ3) is 13.7. The van der Waals surface area contributed by atoms with Crippen molar-refractivity contribution < 1.29 is 14.2 Å². The minimum atomic E-state index is 0. The molecule has 0 fully saturated rings. The van der Waals surface area contributed by atoms with Gasteiger partial charge in [-0.3, -0.25) is 0 Å². The molecule has 2 N–H and O–H groups in total. The van der Waals surface area contributed by atoms with Gasteiger partial charge in [0, 0.05) is 45.7 Å². The number of hydrogen-bond donors (Lipinski definition) is 2. The summed E-state index contributed by atoms with van der Waals surface area (Å²) < 4.78 is 16.0. The van der Waals surface area contributed by atoms with Crippen molar-refractivity contribution in [3.63, 3.8) is 0 Å². The van der Waals surface area contributed by atoms with E-state index in [2.05, 4.69) is 34.5 Å². The number of ether oxygens (including phenoxy) is 3. The average Bonchev–Trinajstić information content (AvgIpc) is 2.66. The molecule has 27 heavy (non-hydrogen) atoms. The number of methoxy groups -OCH3 is 1. The topological polar surface area (TPSA) is 77.0 Å². The number of halogens is 1. The van der Waals surface area contributed by atoms with Crippen LogP contribution in [0.25, 0.3) is 0 Å². The second-order valence-corrected chi connectivity index (χ2v) is 5.79. The van der Waals surface area contributed by atoms with Gasteiger partial charge in [-0.25, -0.2) is 9.98 Å². The van der Waals surface area contributed by atoms with Crippen molar-refractivity contribution in [3.8, 4) is 5.88 Å². The molecule has 0 saturated carbocycles. The van der Waals surface area contributed by atoms with E-state index in [-0.39, 0.29) is 24.0 Å². The lowest BCUT2D eigenvalue weighted by molar-refractivity contribution is 0.129. The summed E-state index contributed by atoms with van der Waals surface area (Å²) in [6.45, 7) is 9.12. The van der Waals surface area contributed by atoms with Crippen LogP contribution in [0.3, 0.4) is 0 Å². The molecule has 8 heteroatoms. The Morgan fingerprint density at radius 1 is 1.07 bits per heavy atom. The van der Waals surface area contributed by atoms with E-state index in [1.165, 1.54) is 6.42 Å². The summed E-state index contributed by atoms with van der Waals surface area (Å²) in [6, 6.07) is 3.83. The maximum Gasteiger partial charge on any atom is 0.213 e. The Balaban J connectivity index is 0.00000676. The van der Waals surface area contributed by atoms with Crippen LogP contribution < -0.4 is 15.4 Å². The molecule has 1 aromatic heterocycles. The summed E-state index contributed by atoms with van der Waals surface area (Å²) in [5.74, 6) is 1.41. The largest absolute Gasteiger partial charge is 0.475 e. The highest BCUT2D eigenvalue weighted by molar-refractivity contribution is 14.0. The van der Waals surface area contributed by atoms with E-state index in [1.807, 2.05) is 12.1 Å². The van der Waals surface area contributed by atoms with Gasteiger partial charge in [0.15, 0.2) is 5.96 Å². The second-order valence-electron chi connectivity index (χ2n) is 5.79. The summed E-state index contributed by atoms with van der Waals surface area (Å²) in [6.07, 6.45) is 5.05. The van der Waals surface area contributed by atoms with E-state index >= 15 is 0 Å². The van der Waals surface area contributed by atoms with Crippen molar-refractivity contribution in [2.24, 2.45) is 4.99 Å². The minimum absolute atomic E-state index is 0. The van der Waals surface area contributed by atoms with Gasteiger partial charge in [-0.1, -0.05) is 19.4 Å². The fourth-order valence-electron chi connectivity index (χ4n) is 2.06. The maximum atomic E-state index is 5.56. The first-order valence-corrected chi connectivity index (χ1v) is 9.46. The number of aliphatic imine (C=N–C) groups is 1. The van der Waals surface area contributed by atoms with Crippen LogP contribution in [0, 0.1) is 0 Å². The zero-order valence-electron chi connectivity index (χ0n) is 16.8. The third-order valence-corrected chi connectivity index (χ3v) is 3.50. The second kappa shape index (κ2) is 18.2. The molecular weight excluding hydrogens is 459 g/mol. The lowest BCUT2D eigenvalue weighted by Gasteiger charge is -2.11. The molecule has 0 radical (unpaired) electrons. The molecule has 1 heterocycles. The van der Waals surface area contributed by atoms with Crippen molar-refractivity contribution in [2.75, 3.05) is 46.6 Å². The highest BCUT2D eigenvalue weighted by Gasteiger charge is 2.00. The van der Waals surface area contributed by atoms with Gasteiger partial charge >= 0.3 is 0 Å². The fraction of sp³-hybridized carbons (Fsp3) is 0.684. The van der Waals surface area contributed by atoms with Gasteiger partial charge in [0.25, 0.3) is 0 Å². The Kier molecular flexibility index (Phi) is 17.5. The number of nitrogens with zero attached hydrogens (tertiary/aromatic N) is 2. The molecule has 0 atom stereocenters. The van der Waals surface area contributed by atoms with Crippen molar-refractivity contribution in [1.82, 2.24) is 15.6 Å². The van der Waals surface area contributed by atoms with Crippen molar-refractivity contribution in [2.45, 2.75) is 39.7 Å². The van der Waals surface area contributed by atoms with E-state index in [0.717, 1.165) is 50.7 Å². The molecule has 0 aliphatic rings. The van der Waals surface area contributed by atoms with Gasteiger partial charge < -0.3 is 24.8 Å². The van der Waals surface area contributed by atoms with Crippen LogP contribution in [0.4, 0.5) is 0 Å². The van der Waals surface area contributed by atoms with E-state index in [1.54, 1.807) is 13.3 Å². The zero-order chi connectivity index (χ0) is 18.9. The highest BCUT2D eigenvalue weighted by atomic mass is 127. The van der Waals surface area contributed by atoms with Gasteiger partial charge in [0.1, 0.15) is 6.61 Å². The molecule has 0 bridgehead atoms. The molecule has 7 nitrogen and oxygen atoms in total. The highest BCUT2D eigenvalue weighted by Crippen LogP contribution is 2.08. The first-order chi connectivity index (χ1) is 12.8. The molecule has 0 aliphatic heterocycles. The lowest BCUT2D eigenvalue weighted by atomic mass is 10.3. The van der Waals surface area contributed by atoms with Crippen LogP contribution in [0.5, 0.6) is 5.88 Å². The van der Waals surface area contributed by atoms with E-state index in [0.29, 0.717) is 25.6 Å². The number of pyridine rings is 1. The summed E-state index contributed by atoms with van der Waals surface area (Å²) in [5, 5.41) is 6.58. The van der Waals surface area contributed by atoms with Gasteiger partial charge in [-0.05, 0) is 25.3 Å². The molecule has 0 aromatic carbocycles. The first-order valence-electron chi connectivity index (χ1n) is 9.46. The molecule has 0 amide bonds. The molecule has 1 aromatic rings. The number of nitrogens with one attached hydrogen (secondary N) is 2. The Bertz CT molecular complexity index is 486. The molecule has 0 unspecified atom stereocenters. The minimum Gasteiger partial charge on any atom is -0.475 e. The maximum absolute atomic E-state index is 5.56. The Labute approximate surface area is 180 Å². The SMILES string of the molecule is CCCCOCCCNC(=NCc1ccc(OCCOC)nc1)NCC.I. The number of hydrogen-bond acceptors (Lipinski definition) is 5. The zero-order valence-corrected chi connectivity index (χ0v) is 19.2. The lowest BCUT2D eigenvalue weighted by Crippen LogP contribution is -2.38. The number of rotatable bonds is 14. The Morgan fingerprint density at radius 3 is 2.56 bits per heavy atom. The number of guanidine groups is 1. The van der Waals surface area contributed by atoms with E-state index in [9.17, 15) is 0 Å². The molecule has 1 rings (SSSR count). The third-order valence-electron chi connectivity index (χ3n) is 3.50. The van der Waals surface area contributed by atoms with Gasteiger partial charge in [0.05, 0.1) is 13.2 Å². The first kappa shape index (κ1) is 25.9. The van der Waals surface area contributed by atoms with Crippen LogP contribution in [0.2, 0.25) is 0 Å². The van der Waals surface area contributed by atoms with Crippen molar-refractivity contribution in [1.29, 1.82) is 0 Å². The monoisotopic (exact) mass is 494 g/mol.